The number of benzene rings is 1. The summed E-state index contributed by atoms with van der Waals surface area (Å²) in [4.78, 5) is 0. The second kappa shape index (κ2) is 6.01. The minimum absolute atomic E-state index is 0.00250. The Kier molecular flexibility index (Phi) is 4.78. The maximum atomic E-state index is 6.29. The van der Waals surface area contributed by atoms with Crippen LogP contribution in [0, 0.1) is 0 Å². The van der Waals surface area contributed by atoms with Gasteiger partial charge >= 0.3 is 0 Å². The van der Waals surface area contributed by atoms with Gasteiger partial charge in [0.1, 0.15) is 6.10 Å². The molecule has 1 aliphatic heterocycles. The van der Waals surface area contributed by atoms with Gasteiger partial charge in [-0.1, -0.05) is 50.0 Å². The predicted molar refractivity (Wildman–Crippen MR) is 78.8 cm³/mol. The molecule has 1 aliphatic rings. The normalized spacial score (nSPS) is 25.7. The SMILES string of the molecule is CC[C@@H]1OC(CC)(CC)O[C@@H]1c1c(Cl)cccc1Cl. The fourth-order valence-electron chi connectivity index (χ4n) is 2.58. The summed E-state index contributed by atoms with van der Waals surface area (Å²) >= 11 is 12.6. The molecule has 1 saturated heterocycles. The Morgan fingerprint density at radius 2 is 1.63 bits per heavy atom. The first kappa shape index (κ1) is 15.1. The zero-order valence-corrected chi connectivity index (χ0v) is 13.1. The zero-order valence-electron chi connectivity index (χ0n) is 11.6. The minimum atomic E-state index is -0.506. The van der Waals surface area contributed by atoms with Crippen molar-refractivity contribution in [3.63, 3.8) is 0 Å². The van der Waals surface area contributed by atoms with Crippen LogP contribution >= 0.6 is 23.2 Å². The van der Waals surface area contributed by atoms with Crippen molar-refractivity contribution in [1.29, 1.82) is 0 Å². The van der Waals surface area contributed by atoms with E-state index in [1.165, 1.54) is 0 Å². The van der Waals surface area contributed by atoms with E-state index < -0.39 is 5.79 Å². The summed E-state index contributed by atoms with van der Waals surface area (Å²) in [6.07, 6.45) is 2.31. The first-order chi connectivity index (χ1) is 9.06. The average molecular weight is 303 g/mol. The molecular formula is C15H20Cl2O2. The Morgan fingerprint density at radius 1 is 1.05 bits per heavy atom. The summed E-state index contributed by atoms with van der Waals surface area (Å²) in [5.41, 5.74) is 0.849. The second-order valence-electron chi connectivity index (χ2n) is 4.86. The van der Waals surface area contributed by atoms with Gasteiger partial charge in [0.25, 0.3) is 0 Å². The number of ether oxygens (including phenoxy) is 2. The molecule has 2 atom stereocenters. The van der Waals surface area contributed by atoms with Crippen LogP contribution < -0.4 is 0 Å². The summed E-state index contributed by atoms with van der Waals surface area (Å²) in [5.74, 6) is -0.506. The van der Waals surface area contributed by atoms with Crippen LogP contribution in [-0.4, -0.2) is 11.9 Å². The number of hydrogen-bond donors (Lipinski definition) is 0. The van der Waals surface area contributed by atoms with Crippen molar-refractivity contribution in [1.82, 2.24) is 0 Å². The number of rotatable bonds is 4. The first-order valence-corrected chi connectivity index (χ1v) is 7.62. The van der Waals surface area contributed by atoms with Crippen LogP contribution in [0.5, 0.6) is 0 Å². The third-order valence-corrected chi connectivity index (χ3v) is 4.47. The van der Waals surface area contributed by atoms with E-state index in [2.05, 4.69) is 20.8 Å². The molecule has 1 aromatic carbocycles. The van der Waals surface area contributed by atoms with E-state index in [0.29, 0.717) is 10.0 Å². The van der Waals surface area contributed by atoms with Crippen molar-refractivity contribution >= 4 is 23.2 Å². The minimum Gasteiger partial charge on any atom is -0.344 e. The lowest BCUT2D eigenvalue weighted by Gasteiger charge is -2.25. The van der Waals surface area contributed by atoms with E-state index >= 15 is 0 Å². The molecule has 0 unspecified atom stereocenters. The highest BCUT2D eigenvalue weighted by Crippen LogP contribution is 2.46. The maximum Gasteiger partial charge on any atom is 0.169 e. The van der Waals surface area contributed by atoms with Gasteiger partial charge in [-0.3, -0.25) is 0 Å². The fraction of sp³-hybridized carbons (Fsp3) is 0.600. The molecule has 0 N–H and O–H groups in total. The van der Waals surface area contributed by atoms with Gasteiger partial charge in [-0.15, -0.1) is 0 Å². The van der Waals surface area contributed by atoms with Gasteiger partial charge in [0.15, 0.2) is 5.79 Å². The van der Waals surface area contributed by atoms with Crippen LogP contribution in [0.2, 0.25) is 10.0 Å². The average Bonchev–Trinajstić information content (AvgIpc) is 2.78. The standard InChI is InChI=1S/C15H20Cl2O2/c1-4-12-14(19-15(5-2,6-3)18-12)13-10(16)8-7-9-11(13)17/h7-9,12,14H,4-6H2,1-3H3/t12-,14-/m0/s1. The van der Waals surface area contributed by atoms with E-state index in [1.807, 2.05) is 18.2 Å². The molecule has 0 aliphatic carbocycles. The third-order valence-electron chi connectivity index (χ3n) is 3.81. The lowest BCUT2D eigenvalue weighted by molar-refractivity contribution is -0.179. The van der Waals surface area contributed by atoms with Gasteiger partial charge in [-0.25, -0.2) is 0 Å². The lowest BCUT2D eigenvalue weighted by atomic mass is 10.0. The van der Waals surface area contributed by atoms with Crippen molar-refractivity contribution in [3.8, 4) is 0 Å². The molecule has 1 fully saturated rings. The largest absolute Gasteiger partial charge is 0.344 e. The van der Waals surface area contributed by atoms with Crippen LogP contribution in [-0.2, 0) is 9.47 Å². The van der Waals surface area contributed by atoms with E-state index in [0.717, 1.165) is 24.8 Å². The van der Waals surface area contributed by atoms with Crippen molar-refractivity contribution in [3.05, 3.63) is 33.8 Å². The summed E-state index contributed by atoms with van der Waals surface area (Å²) in [5, 5.41) is 1.28. The van der Waals surface area contributed by atoms with Gasteiger partial charge in [-0.05, 0) is 31.4 Å². The van der Waals surface area contributed by atoms with Crippen LogP contribution in [0.1, 0.15) is 51.7 Å². The Labute approximate surface area is 125 Å². The molecule has 1 aromatic rings. The van der Waals surface area contributed by atoms with E-state index in [4.69, 9.17) is 32.7 Å². The molecule has 4 heteroatoms. The van der Waals surface area contributed by atoms with Crippen LogP contribution in [0.4, 0.5) is 0 Å². The van der Waals surface area contributed by atoms with Crippen LogP contribution in [0.3, 0.4) is 0 Å². The highest BCUT2D eigenvalue weighted by atomic mass is 35.5. The van der Waals surface area contributed by atoms with Gasteiger partial charge in [0, 0.05) is 15.6 Å². The van der Waals surface area contributed by atoms with Gasteiger partial charge in [0.2, 0.25) is 0 Å². The van der Waals surface area contributed by atoms with E-state index in [-0.39, 0.29) is 12.2 Å². The van der Waals surface area contributed by atoms with E-state index in [1.54, 1.807) is 0 Å². The molecule has 0 amide bonds. The van der Waals surface area contributed by atoms with Crippen molar-refractivity contribution in [2.75, 3.05) is 0 Å². The Bertz CT molecular complexity index is 424. The molecule has 2 nitrogen and oxygen atoms in total. The molecule has 0 saturated carbocycles. The highest BCUT2D eigenvalue weighted by Gasteiger charge is 2.46. The smallest absolute Gasteiger partial charge is 0.169 e. The summed E-state index contributed by atoms with van der Waals surface area (Å²) in [6, 6.07) is 5.53. The summed E-state index contributed by atoms with van der Waals surface area (Å²) < 4.78 is 12.3. The lowest BCUT2D eigenvalue weighted by Crippen LogP contribution is -2.28. The summed E-state index contributed by atoms with van der Waals surface area (Å²) in [6.45, 7) is 6.24. The molecule has 0 spiro atoms. The van der Waals surface area contributed by atoms with E-state index in [9.17, 15) is 0 Å². The molecular weight excluding hydrogens is 283 g/mol. The molecule has 0 radical (unpaired) electrons. The van der Waals surface area contributed by atoms with Crippen molar-refractivity contribution in [2.24, 2.45) is 0 Å². The number of halogens is 2. The van der Waals surface area contributed by atoms with Crippen molar-refractivity contribution in [2.45, 2.75) is 58.0 Å². The number of hydrogen-bond acceptors (Lipinski definition) is 2. The van der Waals surface area contributed by atoms with Gasteiger partial charge in [0.05, 0.1) is 6.10 Å². The molecule has 2 rings (SSSR count). The van der Waals surface area contributed by atoms with Gasteiger partial charge < -0.3 is 9.47 Å². The van der Waals surface area contributed by atoms with Crippen molar-refractivity contribution < 1.29 is 9.47 Å². The quantitative estimate of drug-likeness (QED) is 0.744. The predicted octanol–water partition coefficient (Wildman–Crippen LogP) is 5.38. The van der Waals surface area contributed by atoms with Gasteiger partial charge in [-0.2, -0.15) is 0 Å². The Hall–Kier alpha value is -0.280. The van der Waals surface area contributed by atoms with Crippen LogP contribution in [0.25, 0.3) is 0 Å². The fourth-order valence-corrected chi connectivity index (χ4v) is 3.19. The highest BCUT2D eigenvalue weighted by molar-refractivity contribution is 6.36. The monoisotopic (exact) mass is 302 g/mol. The molecule has 106 valence electrons. The topological polar surface area (TPSA) is 18.5 Å². The zero-order chi connectivity index (χ0) is 14.0. The Balaban J connectivity index is 2.38. The first-order valence-electron chi connectivity index (χ1n) is 6.86. The maximum absolute atomic E-state index is 6.29. The summed E-state index contributed by atoms with van der Waals surface area (Å²) in [7, 11) is 0. The molecule has 0 bridgehead atoms. The molecule has 19 heavy (non-hydrogen) atoms. The van der Waals surface area contributed by atoms with Crippen LogP contribution in [0.15, 0.2) is 18.2 Å². The molecule has 0 aromatic heterocycles. The third kappa shape index (κ3) is 2.78. The Morgan fingerprint density at radius 3 is 2.11 bits per heavy atom. The molecule has 1 heterocycles. The second-order valence-corrected chi connectivity index (χ2v) is 5.67.